The number of nitrogens with zero attached hydrogens (tertiary/aromatic N) is 1. The van der Waals surface area contributed by atoms with Gasteiger partial charge in [0.2, 0.25) is 0 Å². The number of aromatic amines is 2. The van der Waals surface area contributed by atoms with E-state index < -0.39 is 0 Å². The summed E-state index contributed by atoms with van der Waals surface area (Å²) in [6.45, 7) is 0.0168. The van der Waals surface area contributed by atoms with Crippen LogP contribution in [0.1, 0.15) is 5.69 Å². The van der Waals surface area contributed by atoms with Gasteiger partial charge in [0.15, 0.2) is 0 Å². The van der Waals surface area contributed by atoms with E-state index in [4.69, 9.17) is 28.9 Å². The number of nitrogen functional groups attached to an aromatic ring is 1. The van der Waals surface area contributed by atoms with Crippen LogP contribution in [0.15, 0.2) is 18.5 Å². The Bertz CT molecular complexity index is 765. The first-order valence-electron chi connectivity index (χ1n) is 6.01. The standard InChI is InChI=1S/C13H12Cl2N4O/c14-7-3-8(16)11-10(6-4-17-18-5-6)9(1-2-20)19-13(11)12(7)15/h3-5,19-20H,1-2,16H2,(H,17,18). The highest BCUT2D eigenvalue weighted by Gasteiger charge is 2.19. The number of halogens is 2. The van der Waals surface area contributed by atoms with E-state index in [0.717, 1.165) is 22.2 Å². The van der Waals surface area contributed by atoms with E-state index in [9.17, 15) is 5.11 Å². The molecule has 0 atom stereocenters. The molecule has 0 saturated heterocycles. The zero-order chi connectivity index (χ0) is 14.3. The molecular formula is C13H12Cl2N4O. The minimum atomic E-state index is 0.0168. The topological polar surface area (TPSA) is 90.7 Å². The Balaban J connectivity index is 2.41. The van der Waals surface area contributed by atoms with Crippen LogP contribution in [0.3, 0.4) is 0 Å². The number of aliphatic hydroxyl groups is 1. The molecule has 0 radical (unpaired) electrons. The third-order valence-electron chi connectivity index (χ3n) is 3.23. The number of fused-ring (bicyclic) bond motifs is 1. The molecule has 5 nitrogen and oxygen atoms in total. The zero-order valence-electron chi connectivity index (χ0n) is 10.4. The van der Waals surface area contributed by atoms with Crippen molar-refractivity contribution < 1.29 is 5.11 Å². The first-order chi connectivity index (χ1) is 9.63. The molecule has 104 valence electrons. The minimum absolute atomic E-state index is 0.0168. The van der Waals surface area contributed by atoms with E-state index in [2.05, 4.69) is 15.2 Å². The molecule has 0 unspecified atom stereocenters. The Morgan fingerprint density at radius 2 is 2.15 bits per heavy atom. The van der Waals surface area contributed by atoms with Crippen LogP contribution < -0.4 is 5.73 Å². The first kappa shape index (κ1) is 13.3. The number of anilines is 1. The van der Waals surface area contributed by atoms with Crippen LogP contribution in [-0.2, 0) is 6.42 Å². The van der Waals surface area contributed by atoms with Gasteiger partial charge < -0.3 is 15.8 Å². The molecule has 0 aliphatic heterocycles. The summed E-state index contributed by atoms with van der Waals surface area (Å²) in [6, 6.07) is 1.63. The Kier molecular flexibility index (Phi) is 3.33. The predicted molar refractivity (Wildman–Crippen MR) is 81.1 cm³/mol. The molecule has 0 aliphatic rings. The summed E-state index contributed by atoms with van der Waals surface area (Å²) in [5, 5.41) is 17.6. The van der Waals surface area contributed by atoms with Crippen molar-refractivity contribution in [2.75, 3.05) is 12.3 Å². The van der Waals surface area contributed by atoms with Crippen molar-refractivity contribution in [3.05, 3.63) is 34.2 Å². The second-order valence-corrected chi connectivity index (χ2v) is 5.24. The monoisotopic (exact) mass is 310 g/mol. The maximum absolute atomic E-state index is 9.23. The van der Waals surface area contributed by atoms with E-state index in [-0.39, 0.29) is 6.61 Å². The van der Waals surface area contributed by atoms with Crippen LogP contribution in [0, 0.1) is 0 Å². The number of aliphatic hydroxyl groups excluding tert-OH is 1. The van der Waals surface area contributed by atoms with Gasteiger partial charge in [0.1, 0.15) is 0 Å². The van der Waals surface area contributed by atoms with Gasteiger partial charge in [0.05, 0.1) is 21.8 Å². The highest BCUT2D eigenvalue weighted by atomic mass is 35.5. The summed E-state index contributed by atoms with van der Waals surface area (Å²) >= 11 is 12.3. The molecule has 0 spiro atoms. The molecule has 0 fully saturated rings. The lowest BCUT2D eigenvalue weighted by atomic mass is 10.0. The van der Waals surface area contributed by atoms with Crippen LogP contribution in [0.25, 0.3) is 22.0 Å². The second-order valence-electron chi connectivity index (χ2n) is 4.45. The molecule has 20 heavy (non-hydrogen) atoms. The van der Waals surface area contributed by atoms with Crippen molar-refractivity contribution >= 4 is 39.8 Å². The third kappa shape index (κ3) is 1.95. The molecule has 2 heterocycles. The predicted octanol–water partition coefficient (Wildman–Crippen LogP) is 2.98. The maximum atomic E-state index is 9.23. The highest BCUT2D eigenvalue weighted by Crippen LogP contribution is 2.41. The molecule has 7 heteroatoms. The Hall–Kier alpha value is -1.69. The lowest BCUT2D eigenvalue weighted by molar-refractivity contribution is 0.298. The van der Waals surface area contributed by atoms with E-state index in [1.807, 2.05) is 0 Å². The quantitative estimate of drug-likeness (QED) is 0.560. The molecule has 0 saturated carbocycles. The maximum Gasteiger partial charge on any atom is 0.0834 e. The van der Waals surface area contributed by atoms with Crippen molar-refractivity contribution in [3.63, 3.8) is 0 Å². The zero-order valence-corrected chi connectivity index (χ0v) is 11.9. The van der Waals surface area contributed by atoms with Crippen LogP contribution in [0.5, 0.6) is 0 Å². The largest absolute Gasteiger partial charge is 0.398 e. The van der Waals surface area contributed by atoms with Crippen molar-refractivity contribution in [2.24, 2.45) is 0 Å². The van der Waals surface area contributed by atoms with Crippen molar-refractivity contribution in [3.8, 4) is 11.1 Å². The summed E-state index contributed by atoms with van der Waals surface area (Å²) in [7, 11) is 0. The molecule has 2 aromatic heterocycles. The van der Waals surface area contributed by atoms with Crippen LogP contribution in [-0.4, -0.2) is 26.9 Å². The summed E-state index contributed by atoms with van der Waals surface area (Å²) in [6.07, 6.45) is 3.93. The summed E-state index contributed by atoms with van der Waals surface area (Å²) in [5.74, 6) is 0. The second kappa shape index (κ2) is 5.01. The number of nitrogens with two attached hydrogens (primary N) is 1. The molecule has 3 rings (SSSR count). The average Bonchev–Trinajstić information content (AvgIpc) is 3.03. The lowest BCUT2D eigenvalue weighted by Gasteiger charge is -2.04. The summed E-state index contributed by atoms with van der Waals surface area (Å²) in [5.41, 5.74) is 9.91. The lowest BCUT2D eigenvalue weighted by Crippen LogP contribution is -1.93. The van der Waals surface area contributed by atoms with Crippen molar-refractivity contribution in [1.82, 2.24) is 15.2 Å². The minimum Gasteiger partial charge on any atom is -0.398 e. The van der Waals surface area contributed by atoms with Crippen LogP contribution >= 0.6 is 23.2 Å². The highest BCUT2D eigenvalue weighted by molar-refractivity contribution is 6.46. The van der Waals surface area contributed by atoms with Gasteiger partial charge in [-0.05, 0) is 6.07 Å². The Labute approximate surface area is 124 Å². The smallest absolute Gasteiger partial charge is 0.0834 e. The fourth-order valence-electron chi connectivity index (χ4n) is 2.40. The van der Waals surface area contributed by atoms with E-state index in [1.165, 1.54) is 0 Å². The van der Waals surface area contributed by atoms with Crippen LogP contribution in [0.4, 0.5) is 5.69 Å². The molecule has 0 amide bonds. The van der Waals surface area contributed by atoms with Crippen LogP contribution in [0.2, 0.25) is 10.0 Å². The van der Waals surface area contributed by atoms with E-state index >= 15 is 0 Å². The number of hydrogen-bond donors (Lipinski definition) is 4. The summed E-state index contributed by atoms with van der Waals surface area (Å²) < 4.78 is 0. The SMILES string of the molecule is Nc1cc(Cl)c(Cl)c2[nH]c(CCO)c(-c3cn[nH]c3)c12. The molecule has 3 aromatic rings. The van der Waals surface area contributed by atoms with E-state index in [1.54, 1.807) is 18.5 Å². The average molecular weight is 311 g/mol. The van der Waals surface area contributed by atoms with Gasteiger partial charge in [-0.25, -0.2) is 0 Å². The van der Waals surface area contributed by atoms with Gasteiger partial charge >= 0.3 is 0 Å². The fourth-order valence-corrected chi connectivity index (χ4v) is 2.81. The number of nitrogens with one attached hydrogen (secondary N) is 2. The Morgan fingerprint density at radius 3 is 2.80 bits per heavy atom. The van der Waals surface area contributed by atoms with Crippen molar-refractivity contribution in [2.45, 2.75) is 6.42 Å². The third-order valence-corrected chi connectivity index (χ3v) is 4.01. The van der Waals surface area contributed by atoms with E-state index in [0.29, 0.717) is 27.7 Å². The van der Waals surface area contributed by atoms with Gasteiger partial charge in [-0.3, -0.25) is 5.10 Å². The molecule has 1 aromatic carbocycles. The first-order valence-corrected chi connectivity index (χ1v) is 6.77. The van der Waals surface area contributed by atoms with Gasteiger partial charge in [-0.15, -0.1) is 0 Å². The molecular weight excluding hydrogens is 299 g/mol. The molecule has 0 aliphatic carbocycles. The normalized spacial score (nSPS) is 11.3. The fraction of sp³-hybridized carbons (Fsp3) is 0.154. The van der Waals surface area contributed by atoms with Gasteiger partial charge in [-0.1, -0.05) is 23.2 Å². The molecule has 5 N–H and O–H groups in total. The number of hydrogen-bond acceptors (Lipinski definition) is 3. The molecule has 0 bridgehead atoms. The van der Waals surface area contributed by atoms with Crippen molar-refractivity contribution in [1.29, 1.82) is 0 Å². The Morgan fingerprint density at radius 1 is 1.35 bits per heavy atom. The number of aromatic nitrogens is 3. The number of H-pyrrole nitrogens is 2. The van der Waals surface area contributed by atoms with Gasteiger partial charge in [-0.2, -0.15) is 5.10 Å². The van der Waals surface area contributed by atoms with Gasteiger partial charge in [0.25, 0.3) is 0 Å². The summed E-state index contributed by atoms with van der Waals surface area (Å²) in [4.78, 5) is 3.21. The number of benzene rings is 1. The van der Waals surface area contributed by atoms with Gasteiger partial charge in [0, 0.05) is 47.1 Å². The number of rotatable bonds is 3.